The Morgan fingerprint density at radius 3 is 2.22 bits per heavy atom. The van der Waals surface area contributed by atoms with Crippen LogP contribution in [-0.2, 0) is 10.2 Å². The normalized spacial score (nSPS) is 19.7. The zero-order valence-electron chi connectivity index (χ0n) is 11.7. The standard InChI is InChI=1S/C12H27N3O2S/c1-13-9-8-10-14(2)18(16,17)15-11-6-4-3-5-7-12-15/h13H,3-12H2,1-2H3. The van der Waals surface area contributed by atoms with Crippen LogP contribution >= 0.6 is 0 Å². The molecule has 0 radical (unpaired) electrons. The lowest BCUT2D eigenvalue weighted by molar-refractivity contribution is 0.329. The van der Waals surface area contributed by atoms with Gasteiger partial charge >= 0.3 is 0 Å². The molecule has 6 heteroatoms. The van der Waals surface area contributed by atoms with Gasteiger partial charge in [-0.1, -0.05) is 19.3 Å². The molecule has 0 saturated carbocycles. The van der Waals surface area contributed by atoms with Crippen molar-refractivity contribution in [2.75, 3.05) is 40.3 Å². The van der Waals surface area contributed by atoms with Crippen LogP contribution in [0.4, 0.5) is 0 Å². The lowest BCUT2D eigenvalue weighted by Gasteiger charge is -2.28. The van der Waals surface area contributed by atoms with Gasteiger partial charge in [-0.15, -0.1) is 0 Å². The van der Waals surface area contributed by atoms with E-state index in [-0.39, 0.29) is 0 Å². The van der Waals surface area contributed by atoms with Gasteiger partial charge in [-0.2, -0.15) is 17.0 Å². The molecular weight excluding hydrogens is 250 g/mol. The van der Waals surface area contributed by atoms with E-state index in [2.05, 4.69) is 5.32 Å². The first-order valence-electron chi connectivity index (χ1n) is 6.95. The van der Waals surface area contributed by atoms with Gasteiger partial charge in [0, 0.05) is 26.7 Å². The third-order valence-electron chi connectivity index (χ3n) is 3.43. The summed E-state index contributed by atoms with van der Waals surface area (Å²) in [5, 5.41) is 3.04. The largest absolute Gasteiger partial charge is 0.320 e. The smallest absolute Gasteiger partial charge is 0.281 e. The average Bonchev–Trinajstić information content (AvgIpc) is 2.28. The van der Waals surface area contributed by atoms with E-state index < -0.39 is 10.2 Å². The Kier molecular flexibility index (Phi) is 7.14. The Bertz CT molecular complexity index is 311. The Hall–Kier alpha value is -0.170. The molecule has 0 spiro atoms. The van der Waals surface area contributed by atoms with Gasteiger partial charge < -0.3 is 5.32 Å². The summed E-state index contributed by atoms with van der Waals surface area (Å²) in [6, 6.07) is 0. The van der Waals surface area contributed by atoms with Crippen LogP contribution in [0, 0.1) is 0 Å². The number of hydrogen-bond donors (Lipinski definition) is 1. The Morgan fingerprint density at radius 1 is 1.11 bits per heavy atom. The lowest BCUT2D eigenvalue weighted by Crippen LogP contribution is -2.43. The molecule has 0 aromatic carbocycles. The third kappa shape index (κ3) is 4.84. The van der Waals surface area contributed by atoms with E-state index in [9.17, 15) is 8.42 Å². The number of nitrogens with zero attached hydrogens (tertiary/aromatic N) is 2. The quantitative estimate of drug-likeness (QED) is 0.738. The van der Waals surface area contributed by atoms with Crippen molar-refractivity contribution in [2.24, 2.45) is 0 Å². The molecule has 1 N–H and O–H groups in total. The summed E-state index contributed by atoms with van der Waals surface area (Å²) >= 11 is 0. The zero-order chi connectivity index (χ0) is 13.4. The van der Waals surface area contributed by atoms with Gasteiger partial charge in [0.25, 0.3) is 10.2 Å². The van der Waals surface area contributed by atoms with E-state index in [1.807, 2.05) is 7.05 Å². The van der Waals surface area contributed by atoms with Crippen LogP contribution in [0.15, 0.2) is 0 Å². The van der Waals surface area contributed by atoms with E-state index in [1.54, 1.807) is 11.4 Å². The predicted molar refractivity (Wildman–Crippen MR) is 74.8 cm³/mol. The van der Waals surface area contributed by atoms with E-state index in [0.717, 1.165) is 38.6 Å². The molecule has 1 aliphatic rings. The van der Waals surface area contributed by atoms with Crippen LogP contribution in [0.1, 0.15) is 38.5 Å². The molecule has 1 rings (SSSR count). The highest BCUT2D eigenvalue weighted by Gasteiger charge is 2.26. The van der Waals surface area contributed by atoms with Crippen LogP contribution in [0.5, 0.6) is 0 Å². The summed E-state index contributed by atoms with van der Waals surface area (Å²) in [5.41, 5.74) is 0. The minimum absolute atomic E-state index is 0.583. The van der Waals surface area contributed by atoms with Gasteiger partial charge in [0.1, 0.15) is 0 Å². The molecule has 0 aliphatic carbocycles. The summed E-state index contributed by atoms with van der Waals surface area (Å²) in [5.74, 6) is 0. The van der Waals surface area contributed by atoms with Gasteiger partial charge in [0.15, 0.2) is 0 Å². The molecule has 1 saturated heterocycles. The molecule has 0 unspecified atom stereocenters. The van der Waals surface area contributed by atoms with Crippen molar-refractivity contribution in [1.82, 2.24) is 13.9 Å². The first kappa shape index (κ1) is 15.9. The number of hydrogen-bond acceptors (Lipinski definition) is 3. The minimum Gasteiger partial charge on any atom is -0.320 e. The summed E-state index contributed by atoms with van der Waals surface area (Å²) in [4.78, 5) is 0. The van der Waals surface area contributed by atoms with E-state index in [0.29, 0.717) is 19.6 Å². The molecule has 18 heavy (non-hydrogen) atoms. The van der Waals surface area contributed by atoms with Crippen LogP contribution in [0.25, 0.3) is 0 Å². The van der Waals surface area contributed by atoms with Crippen LogP contribution in [-0.4, -0.2) is 57.3 Å². The maximum absolute atomic E-state index is 12.4. The first-order chi connectivity index (χ1) is 8.59. The van der Waals surface area contributed by atoms with Gasteiger partial charge in [0.2, 0.25) is 0 Å². The Balaban J connectivity index is 2.53. The van der Waals surface area contributed by atoms with E-state index >= 15 is 0 Å². The number of rotatable bonds is 6. The van der Waals surface area contributed by atoms with Crippen molar-refractivity contribution >= 4 is 10.2 Å². The SMILES string of the molecule is CNCCCN(C)S(=O)(=O)N1CCCCCCC1. The summed E-state index contributed by atoms with van der Waals surface area (Å²) in [6.07, 6.45) is 6.37. The molecule has 0 aromatic heterocycles. The average molecular weight is 277 g/mol. The summed E-state index contributed by atoms with van der Waals surface area (Å²) in [7, 11) is 0.323. The topological polar surface area (TPSA) is 52.7 Å². The lowest BCUT2D eigenvalue weighted by atomic mass is 10.1. The van der Waals surface area contributed by atoms with Gasteiger partial charge in [-0.3, -0.25) is 0 Å². The fraction of sp³-hybridized carbons (Fsp3) is 1.00. The van der Waals surface area contributed by atoms with Gasteiger partial charge in [0.05, 0.1) is 0 Å². The van der Waals surface area contributed by atoms with Crippen LogP contribution in [0.3, 0.4) is 0 Å². The fourth-order valence-electron chi connectivity index (χ4n) is 2.24. The van der Waals surface area contributed by atoms with Crippen LogP contribution in [0.2, 0.25) is 0 Å². The highest BCUT2D eigenvalue weighted by atomic mass is 32.2. The number of nitrogens with one attached hydrogen (secondary N) is 1. The fourth-order valence-corrected chi connectivity index (χ4v) is 3.71. The molecule has 0 bridgehead atoms. The van der Waals surface area contributed by atoms with Crippen molar-refractivity contribution < 1.29 is 8.42 Å². The van der Waals surface area contributed by atoms with Crippen molar-refractivity contribution in [3.05, 3.63) is 0 Å². The Morgan fingerprint density at radius 2 is 1.67 bits per heavy atom. The van der Waals surface area contributed by atoms with E-state index in [4.69, 9.17) is 0 Å². The van der Waals surface area contributed by atoms with Crippen molar-refractivity contribution in [1.29, 1.82) is 0 Å². The van der Waals surface area contributed by atoms with E-state index in [1.165, 1.54) is 10.7 Å². The molecular formula is C12H27N3O2S. The Labute approximate surface area is 112 Å². The highest BCUT2D eigenvalue weighted by Crippen LogP contribution is 2.15. The zero-order valence-corrected chi connectivity index (χ0v) is 12.5. The predicted octanol–water partition coefficient (Wildman–Crippen LogP) is 1.04. The van der Waals surface area contributed by atoms with Crippen LogP contribution < -0.4 is 5.32 Å². The minimum atomic E-state index is -3.24. The summed E-state index contributed by atoms with van der Waals surface area (Å²) < 4.78 is 27.9. The van der Waals surface area contributed by atoms with Gasteiger partial charge in [-0.05, 0) is 32.9 Å². The second-order valence-electron chi connectivity index (χ2n) is 4.95. The maximum Gasteiger partial charge on any atom is 0.281 e. The molecule has 1 fully saturated rings. The second-order valence-corrected chi connectivity index (χ2v) is 6.99. The first-order valence-corrected chi connectivity index (χ1v) is 8.34. The monoisotopic (exact) mass is 277 g/mol. The third-order valence-corrected chi connectivity index (χ3v) is 5.42. The molecule has 5 nitrogen and oxygen atoms in total. The molecule has 1 heterocycles. The molecule has 0 amide bonds. The molecule has 108 valence electrons. The molecule has 0 atom stereocenters. The summed E-state index contributed by atoms with van der Waals surface area (Å²) in [6.45, 7) is 2.79. The van der Waals surface area contributed by atoms with Crippen molar-refractivity contribution in [3.8, 4) is 0 Å². The highest BCUT2D eigenvalue weighted by molar-refractivity contribution is 7.86. The molecule has 0 aromatic rings. The van der Waals surface area contributed by atoms with Crippen molar-refractivity contribution in [2.45, 2.75) is 38.5 Å². The second kappa shape index (κ2) is 8.09. The maximum atomic E-state index is 12.4. The van der Waals surface area contributed by atoms with Crippen molar-refractivity contribution in [3.63, 3.8) is 0 Å². The van der Waals surface area contributed by atoms with Gasteiger partial charge in [-0.25, -0.2) is 0 Å². The molecule has 1 aliphatic heterocycles.